The topological polar surface area (TPSA) is 18.5 Å². The van der Waals surface area contributed by atoms with Gasteiger partial charge in [0.2, 0.25) is 10.1 Å². The molecule has 0 amide bonds. The molecule has 0 atom stereocenters. The van der Waals surface area contributed by atoms with Crippen molar-refractivity contribution < 1.29 is 9.47 Å². The van der Waals surface area contributed by atoms with Gasteiger partial charge >= 0.3 is 0 Å². The second kappa shape index (κ2) is 6.23. The molecule has 0 spiro atoms. The first-order valence-electron chi connectivity index (χ1n) is 5.30. The fourth-order valence-corrected chi connectivity index (χ4v) is 1.55. The van der Waals surface area contributed by atoms with Crippen molar-refractivity contribution in [2.24, 2.45) is 0 Å². The Kier molecular flexibility index (Phi) is 4.39. The van der Waals surface area contributed by atoms with E-state index in [1.54, 1.807) is 24.3 Å². The van der Waals surface area contributed by atoms with E-state index >= 15 is 0 Å². The Morgan fingerprint density at radius 3 is 1.28 bits per heavy atom. The molecular formula is C14H10O2S2. The van der Waals surface area contributed by atoms with Gasteiger partial charge in [0.25, 0.3) is 0 Å². The van der Waals surface area contributed by atoms with Crippen LogP contribution in [0, 0.1) is 0 Å². The summed E-state index contributed by atoms with van der Waals surface area (Å²) in [4.78, 5) is 0. The Bertz CT molecular complexity index is 487. The highest BCUT2D eigenvalue weighted by Crippen LogP contribution is 2.12. The molecule has 0 saturated carbocycles. The van der Waals surface area contributed by atoms with Crippen molar-refractivity contribution in [3.63, 3.8) is 0 Å². The lowest BCUT2D eigenvalue weighted by molar-refractivity contribution is 0.531. The molecule has 0 radical (unpaired) electrons. The van der Waals surface area contributed by atoms with Gasteiger partial charge in [0.15, 0.2) is 0 Å². The van der Waals surface area contributed by atoms with Crippen LogP contribution in [0.2, 0.25) is 0 Å². The molecule has 2 rings (SSSR count). The highest BCUT2D eigenvalue weighted by molar-refractivity contribution is 7.88. The molecule has 2 nitrogen and oxygen atoms in total. The molecule has 0 saturated heterocycles. The predicted octanol–water partition coefficient (Wildman–Crippen LogP) is 3.80. The van der Waals surface area contributed by atoms with Gasteiger partial charge in [0.05, 0.1) is 0 Å². The molecule has 0 aliphatic heterocycles. The van der Waals surface area contributed by atoms with Gasteiger partial charge in [-0.25, -0.2) is 0 Å². The van der Waals surface area contributed by atoms with E-state index < -0.39 is 0 Å². The van der Waals surface area contributed by atoms with Gasteiger partial charge in [0, 0.05) is 0 Å². The van der Waals surface area contributed by atoms with Gasteiger partial charge in [-0.2, -0.15) is 0 Å². The van der Waals surface area contributed by atoms with Crippen molar-refractivity contribution in [3.05, 3.63) is 60.7 Å². The van der Waals surface area contributed by atoms with Crippen molar-refractivity contribution in [3.8, 4) is 11.5 Å². The third-order valence-electron chi connectivity index (χ3n) is 2.07. The van der Waals surface area contributed by atoms with E-state index in [0.717, 1.165) is 0 Å². The second-order valence-corrected chi connectivity index (χ2v) is 4.15. The summed E-state index contributed by atoms with van der Waals surface area (Å²) in [5, 5.41) is 0.306. The average molecular weight is 274 g/mol. The van der Waals surface area contributed by atoms with Crippen LogP contribution in [0.3, 0.4) is 0 Å². The molecule has 2 aromatic rings. The molecule has 0 bridgehead atoms. The summed E-state index contributed by atoms with van der Waals surface area (Å²) in [6.07, 6.45) is 0. The molecule has 0 aromatic heterocycles. The smallest absolute Gasteiger partial charge is 0.245 e. The number of thiocarbonyl (C=S) groups is 2. The number of rotatable bonds is 2. The van der Waals surface area contributed by atoms with E-state index in [1.807, 2.05) is 36.4 Å². The van der Waals surface area contributed by atoms with Crippen molar-refractivity contribution in [2.75, 3.05) is 0 Å². The monoisotopic (exact) mass is 274 g/mol. The molecule has 18 heavy (non-hydrogen) atoms. The molecule has 0 heterocycles. The zero-order valence-corrected chi connectivity index (χ0v) is 11.0. The van der Waals surface area contributed by atoms with E-state index in [1.165, 1.54) is 0 Å². The molecule has 4 heteroatoms. The van der Waals surface area contributed by atoms with Crippen LogP contribution in [0.4, 0.5) is 0 Å². The Hall–Kier alpha value is -1.78. The minimum absolute atomic E-state index is 0.153. The van der Waals surface area contributed by atoms with Gasteiger partial charge in [-0.05, 0) is 48.7 Å². The summed E-state index contributed by atoms with van der Waals surface area (Å²) in [5.74, 6) is 1.28. The highest BCUT2D eigenvalue weighted by Gasteiger charge is 2.09. The van der Waals surface area contributed by atoms with E-state index in [0.29, 0.717) is 11.5 Å². The lowest BCUT2D eigenvalue weighted by Gasteiger charge is -2.09. The molecular weight excluding hydrogens is 264 g/mol. The van der Waals surface area contributed by atoms with Crippen molar-refractivity contribution >= 4 is 34.5 Å². The summed E-state index contributed by atoms with van der Waals surface area (Å²) in [6, 6.07) is 18.4. The summed E-state index contributed by atoms with van der Waals surface area (Å²) >= 11 is 10.1. The zero-order chi connectivity index (χ0) is 12.8. The van der Waals surface area contributed by atoms with E-state index in [9.17, 15) is 0 Å². The lowest BCUT2D eigenvalue weighted by atomic mass is 10.3. The summed E-state index contributed by atoms with van der Waals surface area (Å²) in [5.41, 5.74) is 0. The predicted molar refractivity (Wildman–Crippen MR) is 79.3 cm³/mol. The lowest BCUT2D eigenvalue weighted by Crippen LogP contribution is -2.21. The fourth-order valence-electron chi connectivity index (χ4n) is 1.27. The van der Waals surface area contributed by atoms with Gasteiger partial charge in [0.1, 0.15) is 11.5 Å². The third kappa shape index (κ3) is 3.61. The largest absolute Gasteiger partial charge is 0.441 e. The number of benzene rings is 2. The summed E-state index contributed by atoms with van der Waals surface area (Å²) < 4.78 is 10.8. The first-order valence-corrected chi connectivity index (χ1v) is 6.11. The first kappa shape index (κ1) is 12.7. The van der Waals surface area contributed by atoms with Crippen LogP contribution in [-0.2, 0) is 0 Å². The quantitative estimate of drug-likeness (QED) is 0.775. The highest BCUT2D eigenvalue weighted by atomic mass is 32.1. The standard InChI is InChI=1S/C14H10O2S2/c17-13(15-11-7-3-1-4-8-11)14(18)16-12-9-5-2-6-10-12/h1-10H. The molecule has 0 aliphatic carbocycles. The van der Waals surface area contributed by atoms with Crippen LogP contribution in [0.5, 0.6) is 11.5 Å². The number of hydrogen-bond donors (Lipinski definition) is 0. The van der Waals surface area contributed by atoms with Gasteiger partial charge < -0.3 is 9.47 Å². The number of para-hydroxylation sites is 2. The van der Waals surface area contributed by atoms with Gasteiger partial charge in [-0.15, -0.1) is 0 Å². The molecule has 0 aliphatic rings. The SMILES string of the molecule is S=C(Oc1ccccc1)C(=S)Oc1ccccc1. The third-order valence-corrected chi connectivity index (χ3v) is 2.74. The van der Waals surface area contributed by atoms with E-state index in [-0.39, 0.29) is 10.1 Å². The Morgan fingerprint density at radius 1 is 0.611 bits per heavy atom. The zero-order valence-electron chi connectivity index (χ0n) is 9.41. The number of ether oxygens (including phenoxy) is 2. The maximum atomic E-state index is 5.41. The van der Waals surface area contributed by atoms with Crippen LogP contribution in [0.25, 0.3) is 0 Å². The summed E-state index contributed by atoms with van der Waals surface area (Å²) in [7, 11) is 0. The van der Waals surface area contributed by atoms with Crippen LogP contribution in [-0.4, -0.2) is 10.1 Å². The molecule has 2 aromatic carbocycles. The van der Waals surface area contributed by atoms with Crippen LogP contribution < -0.4 is 9.47 Å². The Balaban J connectivity index is 1.96. The second-order valence-electron chi connectivity index (χ2n) is 3.41. The number of hydrogen-bond acceptors (Lipinski definition) is 4. The first-order chi connectivity index (χ1) is 8.75. The minimum atomic E-state index is 0.153. The van der Waals surface area contributed by atoms with Crippen molar-refractivity contribution in [1.82, 2.24) is 0 Å². The maximum Gasteiger partial charge on any atom is 0.245 e. The molecule has 0 N–H and O–H groups in total. The normalized spacial score (nSPS) is 9.56. The maximum absolute atomic E-state index is 5.41. The van der Waals surface area contributed by atoms with E-state index in [2.05, 4.69) is 0 Å². The molecule has 0 fully saturated rings. The average Bonchev–Trinajstić information content (AvgIpc) is 2.41. The van der Waals surface area contributed by atoms with Crippen LogP contribution in [0.15, 0.2) is 60.7 Å². The summed E-state index contributed by atoms with van der Waals surface area (Å²) in [6.45, 7) is 0. The van der Waals surface area contributed by atoms with Gasteiger partial charge in [-0.3, -0.25) is 0 Å². The van der Waals surface area contributed by atoms with Crippen molar-refractivity contribution in [2.45, 2.75) is 0 Å². The molecule has 90 valence electrons. The van der Waals surface area contributed by atoms with E-state index in [4.69, 9.17) is 33.9 Å². The van der Waals surface area contributed by atoms with Crippen LogP contribution in [0.1, 0.15) is 0 Å². The van der Waals surface area contributed by atoms with Crippen molar-refractivity contribution in [1.29, 1.82) is 0 Å². The fraction of sp³-hybridized carbons (Fsp3) is 0. The minimum Gasteiger partial charge on any atom is -0.441 e. The Labute approximate surface area is 116 Å². The Morgan fingerprint density at radius 2 is 0.944 bits per heavy atom. The molecule has 0 unspecified atom stereocenters. The van der Waals surface area contributed by atoms with Gasteiger partial charge in [-0.1, -0.05) is 36.4 Å². The van der Waals surface area contributed by atoms with Crippen LogP contribution >= 0.6 is 24.4 Å².